The van der Waals surface area contributed by atoms with E-state index < -0.39 is 23.8 Å². The largest absolute Gasteiger partial charge is 0.489 e. The second kappa shape index (κ2) is 14.1. The van der Waals surface area contributed by atoms with Crippen molar-refractivity contribution in [1.82, 2.24) is 10.2 Å². The maximum atomic E-state index is 13.6. The molecule has 0 unspecified atom stereocenters. The van der Waals surface area contributed by atoms with Crippen LogP contribution in [0.3, 0.4) is 0 Å². The van der Waals surface area contributed by atoms with Crippen LogP contribution in [0.2, 0.25) is 0 Å². The fourth-order valence-corrected chi connectivity index (χ4v) is 4.72. The van der Waals surface area contributed by atoms with Crippen LogP contribution >= 0.6 is 0 Å². The van der Waals surface area contributed by atoms with Crippen LogP contribution < -0.4 is 21.1 Å². The van der Waals surface area contributed by atoms with E-state index in [2.05, 4.69) is 10.6 Å². The van der Waals surface area contributed by atoms with Gasteiger partial charge in [-0.2, -0.15) is 0 Å². The quantitative estimate of drug-likeness (QED) is 0.255. The third-order valence-electron chi connectivity index (χ3n) is 7.08. The Morgan fingerprint density at radius 1 is 0.795 bits per heavy atom. The zero-order chi connectivity index (χ0) is 30.9. The van der Waals surface area contributed by atoms with Gasteiger partial charge in [0, 0.05) is 35.5 Å². The standard InChI is InChI=1S/C34H32N4O6/c35-31(39)25-8-5-11-28(21-25)36-33(41)30(24-12-14-29(15-13-24)44-22-23-6-2-1-3-7-23)37-32(40)26-9-4-10-27(20-26)34(42)38-16-18-43-19-17-38/h1-15,20-21,30H,16-19,22H2,(H2,35,39)(H,36,41)(H,37,40)/t30-/m0/s1. The first kappa shape index (κ1) is 30.0. The van der Waals surface area contributed by atoms with Crippen molar-refractivity contribution in [3.05, 3.63) is 131 Å². The van der Waals surface area contributed by atoms with Gasteiger partial charge in [0.15, 0.2) is 0 Å². The van der Waals surface area contributed by atoms with Crippen molar-refractivity contribution in [3.8, 4) is 5.75 Å². The number of morpholine rings is 1. The van der Waals surface area contributed by atoms with Gasteiger partial charge in [-0.3, -0.25) is 19.2 Å². The van der Waals surface area contributed by atoms with E-state index in [0.29, 0.717) is 55.5 Å². The molecule has 4 amide bonds. The molecule has 1 saturated heterocycles. The van der Waals surface area contributed by atoms with Crippen molar-refractivity contribution in [1.29, 1.82) is 0 Å². The molecular weight excluding hydrogens is 560 g/mol. The molecule has 4 aromatic rings. The minimum Gasteiger partial charge on any atom is -0.489 e. The predicted molar refractivity (Wildman–Crippen MR) is 164 cm³/mol. The van der Waals surface area contributed by atoms with Crippen molar-refractivity contribution >= 4 is 29.3 Å². The summed E-state index contributed by atoms with van der Waals surface area (Å²) in [5.74, 6) is -1.33. The summed E-state index contributed by atoms with van der Waals surface area (Å²) in [6.07, 6.45) is 0. The van der Waals surface area contributed by atoms with Gasteiger partial charge in [0.2, 0.25) is 5.91 Å². The zero-order valence-electron chi connectivity index (χ0n) is 23.9. The van der Waals surface area contributed by atoms with Crippen LogP contribution in [0.15, 0.2) is 103 Å². The Kier molecular flexibility index (Phi) is 9.63. The Labute approximate surface area is 254 Å². The minimum atomic E-state index is -1.12. The third-order valence-corrected chi connectivity index (χ3v) is 7.08. The molecule has 5 rings (SSSR count). The first-order valence-corrected chi connectivity index (χ1v) is 14.1. The van der Waals surface area contributed by atoms with E-state index in [4.69, 9.17) is 15.2 Å². The molecule has 0 radical (unpaired) electrons. The molecule has 0 spiro atoms. The molecule has 10 nitrogen and oxygen atoms in total. The molecule has 1 aliphatic rings. The van der Waals surface area contributed by atoms with Gasteiger partial charge in [0.25, 0.3) is 17.7 Å². The van der Waals surface area contributed by atoms with Crippen molar-refractivity contribution in [2.75, 3.05) is 31.6 Å². The normalized spacial score (nSPS) is 13.4. The van der Waals surface area contributed by atoms with Crippen molar-refractivity contribution in [3.63, 3.8) is 0 Å². The van der Waals surface area contributed by atoms with Gasteiger partial charge in [0.05, 0.1) is 13.2 Å². The molecule has 1 fully saturated rings. The molecule has 4 N–H and O–H groups in total. The van der Waals surface area contributed by atoms with Gasteiger partial charge in [-0.1, -0.05) is 54.6 Å². The molecule has 1 atom stereocenters. The number of nitrogens with two attached hydrogens (primary N) is 1. The van der Waals surface area contributed by atoms with Gasteiger partial charge < -0.3 is 30.7 Å². The van der Waals surface area contributed by atoms with Crippen molar-refractivity contribution in [2.24, 2.45) is 5.73 Å². The van der Waals surface area contributed by atoms with Crippen LogP contribution in [0.4, 0.5) is 5.69 Å². The molecule has 1 heterocycles. The van der Waals surface area contributed by atoms with Crippen LogP contribution in [0.25, 0.3) is 0 Å². The molecule has 0 saturated carbocycles. The molecule has 224 valence electrons. The van der Waals surface area contributed by atoms with Gasteiger partial charge in [-0.05, 0) is 59.7 Å². The Balaban J connectivity index is 1.36. The van der Waals surface area contributed by atoms with Crippen LogP contribution in [0.1, 0.15) is 48.2 Å². The molecule has 0 bridgehead atoms. The zero-order valence-corrected chi connectivity index (χ0v) is 23.9. The van der Waals surface area contributed by atoms with E-state index in [1.165, 1.54) is 18.2 Å². The summed E-state index contributed by atoms with van der Waals surface area (Å²) in [7, 11) is 0. The first-order chi connectivity index (χ1) is 21.4. The van der Waals surface area contributed by atoms with E-state index in [-0.39, 0.29) is 17.0 Å². The summed E-state index contributed by atoms with van der Waals surface area (Å²) in [5.41, 5.74) is 8.05. The summed E-state index contributed by atoms with van der Waals surface area (Å²) >= 11 is 0. The van der Waals surface area contributed by atoms with Crippen LogP contribution in [0, 0.1) is 0 Å². The summed E-state index contributed by atoms with van der Waals surface area (Å²) in [5, 5.41) is 5.56. The van der Waals surface area contributed by atoms with E-state index >= 15 is 0 Å². The summed E-state index contributed by atoms with van der Waals surface area (Å²) in [4.78, 5) is 53.4. The summed E-state index contributed by atoms with van der Waals surface area (Å²) < 4.78 is 11.2. The van der Waals surface area contributed by atoms with E-state index in [9.17, 15) is 19.2 Å². The van der Waals surface area contributed by atoms with Crippen molar-refractivity contribution < 1.29 is 28.7 Å². The molecular formula is C34H32N4O6. The SMILES string of the molecule is NC(=O)c1cccc(NC(=O)[C@@H](NC(=O)c2cccc(C(=O)N3CCOCC3)c2)c2ccc(OCc3ccccc3)cc2)c1. The number of ether oxygens (including phenoxy) is 2. The highest BCUT2D eigenvalue weighted by atomic mass is 16.5. The highest BCUT2D eigenvalue weighted by molar-refractivity contribution is 6.04. The molecule has 1 aliphatic heterocycles. The number of carbonyl (C=O) groups is 4. The number of primary amides is 1. The Hall–Kier alpha value is -5.48. The van der Waals surface area contributed by atoms with Gasteiger partial charge in [-0.25, -0.2) is 0 Å². The molecule has 4 aromatic carbocycles. The van der Waals surface area contributed by atoms with Gasteiger partial charge in [0.1, 0.15) is 18.4 Å². The number of amides is 4. The molecule has 0 aliphatic carbocycles. The lowest BCUT2D eigenvalue weighted by molar-refractivity contribution is -0.118. The second-order valence-electron chi connectivity index (χ2n) is 10.2. The van der Waals surface area contributed by atoms with Crippen LogP contribution in [0.5, 0.6) is 5.75 Å². The highest BCUT2D eigenvalue weighted by Gasteiger charge is 2.25. The maximum Gasteiger partial charge on any atom is 0.254 e. The van der Waals surface area contributed by atoms with E-state index in [0.717, 1.165) is 5.56 Å². The first-order valence-electron chi connectivity index (χ1n) is 14.1. The maximum absolute atomic E-state index is 13.6. The number of nitrogens with zero attached hydrogens (tertiary/aromatic N) is 1. The fraction of sp³-hybridized carbons (Fsp3) is 0.176. The second-order valence-corrected chi connectivity index (χ2v) is 10.2. The average molecular weight is 593 g/mol. The van der Waals surface area contributed by atoms with Crippen LogP contribution in [-0.2, 0) is 16.1 Å². The Bertz CT molecular complexity index is 1640. The lowest BCUT2D eigenvalue weighted by atomic mass is 10.0. The average Bonchev–Trinajstić information content (AvgIpc) is 3.07. The smallest absolute Gasteiger partial charge is 0.254 e. The van der Waals surface area contributed by atoms with Gasteiger partial charge >= 0.3 is 0 Å². The molecule has 44 heavy (non-hydrogen) atoms. The van der Waals surface area contributed by atoms with Gasteiger partial charge in [-0.15, -0.1) is 0 Å². The lowest BCUT2D eigenvalue weighted by Crippen LogP contribution is -2.41. The number of nitrogens with one attached hydrogen (secondary N) is 2. The number of benzene rings is 4. The molecule has 0 aromatic heterocycles. The number of carbonyl (C=O) groups excluding carboxylic acids is 4. The predicted octanol–water partition coefficient (Wildman–Crippen LogP) is 3.95. The van der Waals surface area contributed by atoms with E-state index in [1.54, 1.807) is 59.5 Å². The topological polar surface area (TPSA) is 140 Å². The lowest BCUT2D eigenvalue weighted by Gasteiger charge is -2.27. The van der Waals surface area contributed by atoms with Crippen LogP contribution in [-0.4, -0.2) is 54.8 Å². The Morgan fingerprint density at radius 3 is 2.20 bits per heavy atom. The monoisotopic (exact) mass is 592 g/mol. The fourth-order valence-electron chi connectivity index (χ4n) is 4.72. The molecule has 10 heteroatoms. The Morgan fingerprint density at radius 2 is 1.48 bits per heavy atom. The van der Waals surface area contributed by atoms with Crippen molar-refractivity contribution in [2.45, 2.75) is 12.6 Å². The number of hydrogen-bond acceptors (Lipinski definition) is 6. The number of rotatable bonds is 10. The summed E-state index contributed by atoms with van der Waals surface area (Å²) in [6.45, 7) is 2.23. The highest BCUT2D eigenvalue weighted by Crippen LogP contribution is 2.22. The third kappa shape index (κ3) is 7.67. The number of hydrogen-bond donors (Lipinski definition) is 3. The number of anilines is 1. The summed E-state index contributed by atoms with van der Waals surface area (Å²) in [6, 6.07) is 28.0. The minimum absolute atomic E-state index is 0.197. The van der Waals surface area contributed by atoms with E-state index in [1.807, 2.05) is 30.3 Å².